The molecule has 0 radical (unpaired) electrons. The van der Waals surface area contributed by atoms with Crippen LogP contribution in [0.4, 0.5) is 0 Å². The molecule has 0 aromatic carbocycles. The Kier molecular flexibility index (Phi) is 3.98. The lowest BCUT2D eigenvalue weighted by Crippen LogP contribution is -2.26. The molecule has 0 fully saturated rings. The first-order valence-corrected chi connectivity index (χ1v) is 3.28. The van der Waals surface area contributed by atoms with Crippen LogP contribution in [0.25, 0.3) is 0 Å². The van der Waals surface area contributed by atoms with Crippen molar-refractivity contribution in [3.05, 3.63) is 0 Å². The summed E-state index contributed by atoms with van der Waals surface area (Å²) in [5, 5.41) is 3.03. The summed E-state index contributed by atoms with van der Waals surface area (Å²) >= 11 is 7.98. The highest BCUT2D eigenvalue weighted by molar-refractivity contribution is 7.99. The van der Waals surface area contributed by atoms with Gasteiger partial charge in [0.25, 0.3) is 0 Å². The smallest absolute Gasteiger partial charge is 0.0946 e. The van der Waals surface area contributed by atoms with Gasteiger partial charge in [0.05, 0.1) is 4.71 Å². The zero-order valence-corrected chi connectivity index (χ0v) is 6.34. The normalized spacial score (nSPS) is 11.1. The van der Waals surface area contributed by atoms with Crippen LogP contribution in [0.3, 0.4) is 0 Å². The van der Waals surface area contributed by atoms with Gasteiger partial charge in [-0.1, -0.05) is 0 Å². The zero-order valence-electron chi connectivity index (χ0n) is 4.55. The van der Waals surface area contributed by atoms with Crippen LogP contribution in [0.5, 0.6) is 0 Å². The molecule has 1 N–H and O–H groups in total. The maximum absolute atomic E-state index is 3.99. The van der Waals surface area contributed by atoms with Gasteiger partial charge in [0.1, 0.15) is 0 Å². The SMILES string of the molecule is CC(C)NC(S)S. The first-order chi connectivity index (χ1) is 3.13. The summed E-state index contributed by atoms with van der Waals surface area (Å²) in [5.41, 5.74) is 0. The first-order valence-electron chi connectivity index (χ1n) is 2.25. The van der Waals surface area contributed by atoms with E-state index in [-0.39, 0.29) is 4.71 Å². The Balaban J connectivity index is 2.95. The number of hydrogen-bond donors (Lipinski definition) is 3. The third kappa shape index (κ3) is 6.66. The maximum Gasteiger partial charge on any atom is 0.0946 e. The number of hydrogen-bond acceptors (Lipinski definition) is 3. The van der Waals surface area contributed by atoms with E-state index in [1.807, 2.05) is 0 Å². The molecule has 0 aromatic rings. The fourth-order valence-electron chi connectivity index (χ4n) is 0.298. The van der Waals surface area contributed by atoms with Crippen LogP contribution in [0.2, 0.25) is 0 Å². The van der Waals surface area contributed by atoms with Crippen LogP contribution in [0, 0.1) is 0 Å². The molecule has 0 amide bonds. The third-order valence-electron chi connectivity index (χ3n) is 0.482. The minimum atomic E-state index is 0.0139. The quantitative estimate of drug-likeness (QED) is 0.383. The fourth-order valence-corrected chi connectivity index (χ4v) is 0.894. The molecule has 0 atom stereocenters. The molecular weight excluding hydrogens is 126 g/mol. The van der Waals surface area contributed by atoms with E-state index in [9.17, 15) is 0 Å². The van der Waals surface area contributed by atoms with E-state index in [1.54, 1.807) is 0 Å². The Hall–Kier alpha value is 0.660. The Morgan fingerprint density at radius 2 is 1.71 bits per heavy atom. The van der Waals surface area contributed by atoms with Crippen molar-refractivity contribution in [2.24, 2.45) is 0 Å². The van der Waals surface area contributed by atoms with Crippen molar-refractivity contribution in [3.63, 3.8) is 0 Å². The number of thiol groups is 2. The van der Waals surface area contributed by atoms with Crippen molar-refractivity contribution in [1.82, 2.24) is 5.32 Å². The van der Waals surface area contributed by atoms with E-state index in [2.05, 4.69) is 44.4 Å². The van der Waals surface area contributed by atoms with Gasteiger partial charge in [-0.25, -0.2) is 0 Å². The van der Waals surface area contributed by atoms with Crippen LogP contribution >= 0.6 is 25.3 Å². The molecule has 0 aliphatic carbocycles. The fraction of sp³-hybridized carbons (Fsp3) is 1.00. The van der Waals surface area contributed by atoms with E-state index in [1.165, 1.54) is 0 Å². The van der Waals surface area contributed by atoms with Gasteiger partial charge >= 0.3 is 0 Å². The van der Waals surface area contributed by atoms with Crippen LogP contribution in [0.1, 0.15) is 13.8 Å². The van der Waals surface area contributed by atoms with Gasteiger partial charge < -0.3 is 0 Å². The monoisotopic (exact) mass is 137 g/mol. The molecule has 0 bridgehead atoms. The molecule has 0 saturated heterocycles. The minimum Gasteiger partial charge on any atom is -0.295 e. The molecule has 0 aromatic heterocycles. The Labute approximate surface area is 55.7 Å². The second kappa shape index (κ2) is 3.64. The Bertz CT molecular complexity index is 39.0. The molecule has 44 valence electrons. The molecule has 1 nitrogen and oxygen atoms in total. The van der Waals surface area contributed by atoms with Crippen molar-refractivity contribution < 1.29 is 0 Å². The predicted octanol–water partition coefficient (Wildman–Crippen LogP) is 1.13. The van der Waals surface area contributed by atoms with Gasteiger partial charge in [0.15, 0.2) is 0 Å². The lowest BCUT2D eigenvalue weighted by molar-refractivity contribution is 0.639. The van der Waals surface area contributed by atoms with Crippen LogP contribution in [0.15, 0.2) is 0 Å². The molecule has 0 unspecified atom stereocenters. The zero-order chi connectivity index (χ0) is 5.86. The largest absolute Gasteiger partial charge is 0.295 e. The number of nitrogens with one attached hydrogen (secondary N) is 1. The molecule has 0 saturated carbocycles. The average Bonchev–Trinajstić information content (AvgIpc) is 1.27. The lowest BCUT2D eigenvalue weighted by Gasteiger charge is -2.08. The molecule has 0 aliphatic rings. The van der Waals surface area contributed by atoms with Crippen LogP contribution in [-0.2, 0) is 0 Å². The molecule has 0 aliphatic heterocycles. The Morgan fingerprint density at radius 3 is 1.71 bits per heavy atom. The van der Waals surface area contributed by atoms with Crippen LogP contribution < -0.4 is 5.32 Å². The second-order valence-electron chi connectivity index (χ2n) is 1.70. The number of rotatable bonds is 2. The highest BCUT2D eigenvalue weighted by Gasteiger charge is 1.94. The lowest BCUT2D eigenvalue weighted by atomic mass is 10.4. The van der Waals surface area contributed by atoms with Gasteiger partial charge in [-0.15, -0.1) is 25.3 Å². The maximum atomic E-state index is 3.99. The van der Waals surface area contributed by atoms with Crippen molar-refractivity contribution in [3.8, 4) is 0 Å². The molecule has 7 heavy (non-hydrogen) atoms. The summed E-state index contributed by atoms with van der Waals surface area (Å²) in [4.78, 5) is 0. The van der Waals surface area contributed by atoms with Gasteiger partial charge in [-0.3, -0.25) is 5.32 Å². The van der Waals surface area contributed by atoms with Gasteiger partial charge in [-0.05, 0) is 13.8 Å². The average molecular weight is 137 g/mol. The third-order valence-corrected chi connectivity index (χ3v) is 0.781. The molecule has 0 heterocycles. The first kappa shape index (κ1) is 7.66. The standard InChI is InChI=1S/C4H11NS2/c1-3(2)5-4(6)7/h3-7H,1-2H3. The summed E-state index contributed by atoms with van der Waals surface area (Å²) < 4.78 is 0.0139. The summed E-state index contributed by atoms with van der Waals surface area (Å²) in [6.07, 6.45) is 0. The van der Waals surface area contributed by atoms with E-state index in [0.29, 0.717) is 6.04 Å². The van der Waals surface area contributed by atoms with Crippen molar-refractivity contribution >= 4 is 25.3 Å². The summed E-state index contributed by atoms with van der Waals surface area (Å²) in [5.74, 6) is 0. The molecule has 0 spiro atoms. The van der Waals surface area contributed by atoms with Crippen LogP contribution in [-0.4, -0.2) is 10.7 Å². The van der Waals surface area contributed by atoms with E-state index in [4.69, 9.17) is 0 Å². The van der Waals surface area contributed by atoms with Gasteiger partial charge in [0.2, 0.25) is 0 Å². The topological polar surface area (TPSA) is 12.0 Å². The summed E-state index contributed by atoms with van der Waals surface area (Å²) in [7, 11) is 0. The molecule has 0 rings (SSSR count). The minimum absolute atomic E-state index is 0.0139. The highest BCUT2D eigenvalue weighted by Crippen LogP contribution is 1.94. The highest BCUT2D eigenvalue weighted by atomic mass is 32.2. The summed E-state index contributed by atoms with van der Waals surface area (Å²) in [6.45, 7) is 4.11. The second-order valence-corrected chi connectivity index (χ2v) is 3.14. The van der Waals surface area contributed by atoms with Gasteiger partial charge in [0, 0.05) is 6.04 Å². The Morgan fingerprint density at radius 1 is 1.29 bits per heavy atom. The van der Waals surface area contributed by atoms with Crippen molar-refractivity contribution in [2.45, 2.75) is 24.6 Å². The summed E-state index contributed by atoms with van der Waals surface area (Å²) in [6, 6.07) is 0.472. The van der Waals surface area contributed by atoms with Gasteiger partial charge in [-0.2, -0.15) is 0 Å². The van der Waals surface area contributed by atoms with E-state index >= 15 is 0 Å². The molecular formula is C4H11NS2. The molecule has 3 heteroatoms. The van der Waals surface area contributed by atoms with Crippen molar-refractivity contribution in [1.29, 1.82) is 0 Å². The predicted molar refractivity (Wildman–Crippen MR) is 40.0 cm³/mol. The van der Waals surface area contributed by atoms with Crippen molar-refractivity contribution in [2.75, 3.05) is 0 Å². The van der Waals surface area contributed by atoms with E-state index < -0.39 is 0 Å². The van der Waals surface area contributed by atoms with E-state index in [0.717, 1.165) is 0 Å².